The SMILES string of the molecule is COc1ccc(CCOC(=O)c2ccc(CS(C)(=O)=O)cc2)cc1. The maximum atomic E-state index is 12.0. The van der Waals surface area contributed by atoms with Gasteiger partial charge in [0.05, 0.1) is 25.0 Å². The summed E-state index contributed by atoms with van der Waals surface area (Å²) in [5.74, 6) is 0.319. The summed E-state index contributed by atoms with van der Waals surface area (Å²) >= 11 is 0. The highest BCUT2D eigenvalue weighted by atomic mass is 32.2. The standard InChI is InChI=1S/C18H20O5S/c1-22-17-9-5-14(6-10-17)11-12-23-18(19)16-7-3-15(4-8-16)13-24(2,20)21/h3-10H,11-13H2,1-2H3. The minimum absolute atomic E-state index is 0.0419. The van der Waals surface area contributed by atoms with Crippen LogP contribution in [-0.2, 0) is 26.7 Å². The molecule has 0 spiro atoms. The Balaban J connectivity index is 1.85. The van der Waals surface area contributed by atoms with Crippen LogP contribution in [0.15, 0.2) is 48.5 Å². The van der Waals surface area contributed by atoms with Crippen molar-refractivity contribution >= 4 is 15.8 Å². The van der Waals surface area contributed by atoms with Crippen molar-refractivity contribution in [1.82, 2.24) is 0 Å². The fourth-order valence-corrected chi connectivity index (χ4v) is 2.97. The molecule has 2 aromatic carbocycles. The Hall–Kier alpha value is -2.34. The average Bonchev–Trinajstić information content (AvgIpc) is 2.54. The third-order valence-corrected chi connectivity index (χ3v) is 4.26. The van der Waals surface area contributed by atoms with E-state index in [1.165, 1.54) is 6.26 Å². The summed E-state index contributed by atoms with van der Waals surface area (Å²) < 4.78 is 32.8. The molecule has 24 heavy (non-hydrogen) atoms. The number of rotatable bonds is 7. The Labute approximate surface area is 142 Å². The van der Waals surface area contributed by atoms with Crippen molar-refractivity contribution in [2.75, 3.05) is 20.0 Å². The maximum Gasteiger partial charge on any atom is 0.338 e. The second kappa shape index (κ2) is 7.97. The predicted octanol–water partition coefficient (Wildman–Crippen LogP) is 2.64. The summed E-state index contributed by atoms with van der Waals surface area (Å²) in [7, 11) is -1.48. The summed E-state index contributed by atoms with van der Waals surface area (Å²) in [6, 6.07) is 14.0. The molecule has 5 nitrogen and oxygen atoms in total. The molecule has 0 N–H and O–H groups in total. The Kier molecular flexibility index (Phi) is 5.98. The van der Waals surface area contributed by atoms with Gasteiger partial charge in [0.25, 0.3) is 0 Å². The van der Waals surface area contributed by atoms with Gasteiger partial charge in [-0.15, -0.1) is 0 Å². The highest BCUT2D eigenvalue weighted by molar-refractivity contribution is 7.89. The Morgan fingerprint density at radius 2 is 1.54 bits per heavy atom. The summed E-state index contributed by atoms with van der Waals surface area (Å²) in [6.45, 7) is 0.274. The lowest BCUT2D eigenvalue weighted by atomic mass is 10.1. The van der Waals surface area contributed by atoms with Crippen molar-refractivity contribution in [1.29, 1.82) is 0 Å². The number of hydrogen-bond donors (Lipinski definition) is 0. The van der Waals surface area contributed by atoms with Crippen molar-refractivity contribution in [2.24, 2.45) is 0 Å². The van der Waals surface area contributed by atoms with Gasteiger partial charge in [-0.1, -0.05) is 24.3 Å². The van der Waals surface area contributed by atoms with Crippen LogP contribution >= 0.6 is 0 Å². The van der Waals surface area contributed by atoms with E-state index >= 15 is 0 Å². The topological polar surface area (TPSA) is 69.7 Å². The Morgan fingerprint density at radius 3 is 2.08 bits per heavy atom. The molecule has 128 valence electrons. The van der Waals surface area contributed by atoms with Crippen LogP contribution in [0, 0.1) is 0 Å². The molecule has 0 heterocycles. The lowest BCUT2D eigenvalue weighted by Crippen LogP contribution is -2.08. The normalized spacial score (nSPS) is 11.1. The van der Waals surface area contributed by atoms with Crippen molar-refractivity contribution < 1.29 is 22.7 Å². The first kappa shape index (κ1) is 18.0. The van der Waals surface area contributed by atoms with E-state index in [0.717, 1.165) is 11.3 Å². The van der Waals surface area contributed by atoms with E-state index in [4.69, 9.17) is 9.47 Å². The van der Waals surface area contributed by atoms with Gasteiger partial charge < -0.3 is 9.47 Å². The minimum Gasteiger partial charge on any atom is -0.497 e. The van der Waals surface area contributed by atoms with E-state index in [1.807, 2.05) is 24.3 Å². The fourth-order valence-electron chi connectivity index (χ4n) is 2.18. The first-order valence-electron chi connectivity index (χ1n) is 7.44. The Morgan fingerprint density at radius 1 is 0.958 bits per heavy atom. The maximum absolute atomic E-state index is 12.0. The first-order valence-corrected chi connectivity index (χ1v) is 9.50. The van der Waals surface area contributed by atoms with Crippen LogP contribution in [0.1, 0.15) is 21.5 Å². The molecular formula is C18H20O5S. The molecule has 0 atom stereocenters. The van der Waals surface area contributed by atoms with E-state index in [2.05, 4.69) is 0 Å². The van der Waals surface area contributed by atoms with Gasteiger partial charge >= 0.3 is 5.97 Å². The molecule has 0 radical (unpaired) electrons. The zero-order valence-electron chi connectivity index (χ0n) is 13.7. The molecule has 2 rings (SSSR count). The molecule has 0 aliphatic heterocycles. The highest BCUT2D eigenvalue weighted by Gasteiger charge is 2.09. The second-order valence-corrected chi connectivity index (χ2v) is 7.64. The van der Waals surface area contributed by atoms with E-state index in [1.54, 1.807) is 31.4 Å². The van der Waals surface area contributed by atoms with Crippen LogP contribution in [0.4, 0.5) is 0 Å². The van der Waals surface area contributed by atoms with Gasteiger partial charge in [0.1, 0.15) is 5.75 Å². The predicted molar refractivity (Wildman–Crippen MR) is 92.0 cm³/mol. The number of sulfone groups is 1. The smallest absolute Gasteiger partial charge is 0.338 e. The van der Waals surface area contributed by atoms with E-state index in [0.29, 0.717) is 17.5 Å². The number of methoxy groups -OCH3 is 1. The quantitative estimate of drug-likeness (QED) is 0.720. The molecule has 0 unspecified atom stereocenters. The number of hydrogen-bond acceptors (Lipinski definition) is 5. The van der Waals surface area contributed by atoms with Crippen molar-refractivity contribution in [3.8, 4) is 5.75 Å². The summed E-state index contributed by atoms with van der Waals surface area (Å²) in [5.41, 5.74) is 2.10. The number of carbonyl (C=O) groups excluding carboxylic acids is 1. The lowest BCUT2D eigenvalue weighted by Gasteiger charge is -2.07. The largest absolute Gasteiger partial charge is 0.497 e. The first-order chi connectivity index (χ1) is 11.4. The molecule has 0 bridgehead atoms. The molecule has 0 saturated carbocycles. The zero-order valence-corrected chi connectivity index (χ0v) is 14.5. The minimum atomic E-state index is -3.09. The second-order valence-electron chi connectivity index (χ2n) is 5.50. The van der Waals surface area contributed by atoms with E-state index in [9.17, 15) is 13.2 Å². The average molecular weight is 348 g/mol. The molecule has 0 aliphatic carbocycles. The summed E-state index contributed by atoms with van der Waals surface area (Å²) in [4.78, 5) is 12.0. The van der Waals surface area contributed by atoms with Crippen LogP contribution in [0.3, 0.4) is 0 Å². The number of esters is 1. The number of benzene rings is 2. The van der Waals surface area contributed by atoms with Gasteiger partial charge in [0.15, 0.2) is 9.84 Å². The summed E-state index contributed by atoms with van der Waals surface area (Å²) in [6.07, 6.45) is 1.79. The van der Waals surface area contributed by atoms with Gasteiger partial charge in [-0.3, -0.25) is 0 Å². The molecule has 0 aliphatic rings. The highest BCUT2D eigenvalue weighted by Crippen LogP contribution is 2.12. The van der Waals surface area contributed by atoms with Gasteiger partial charge in [0, 0.05) is 12.7 Å². The fraction of sp³-hybridized carbons (Fsp3) is 0.278. The molecule has 0 saturated heterocycles. The van der Waals surface area contributed by atoms with Gasteiger partial charge in [-0.25, -0.2) is 13.2 Å². The molecular weight excluding hydrogens is 328 g/mol. The number of carbonyl (C=O) groups is 1. The van der Waals surface area contributed by atoms with Crippen LogP contribution in [0.5, 0.6) is 5.75 Å². The van der Waals surface area contributed by atoms with Crippen LogP contribution < -0.4 is 4.74 Å². The van der Waals surface area contributed by atoms with Crippen molar-refractivity contribution in [3.05, 3.63) is 65.2 Å². The van der Waals surface area contributed by atoms with Crippen LogP contribution in [0.2, 0.25) is 0 Å². The molecule has 0 aromatic heterocycles. The van der Waals surface area contributed by atoms with E-state index < -0.39 is 15.8 Å². The van der Waals surface area contributed by atoms with Gasteiger partial charge in [-0.05, 0) is 35.4 Å². The van der Waals surface area contributed by atoms with Crippen molar-refractivity contribution in [2.45, 2.75) is 12.2 Å². The molecule has 2 aromatic rings. The zero-order chi connectivity index (χ0) is 17.6. The monoisotopic (exact) mass is 348 g/mol. The third kappa shape index (κ3) is 5.70. The lowest BCUT2D eigenvalue weighted by molar-refractivity contribution is 0.0509. The third-order valence-electron chi connectivity index (χ3n) is 3.40. The van der Waals surface area contributed by atoms with Gasteiger partial charge in [-0.2, -0.15) is 0 Å². The molecule has 0 amide bonds. The van der Waals surface area contributed by atoms with Crippen LogP contribution in [0.25, 0.3) is 0 Å². The van der Waals surface area contributed by atoms with Gasteiger partial charge in [0.2, 0.25) is 0 Å². The summed E-state index contributed by atoms with van der Waals surface area (Å²) in [5, 5.41) is 0. The Bertz CT molecular complexity index is 777. The van der Waals surface area contributed by atoms with E-state index in [-0.39, 0.29) is 12.4 Å². The van der Waals surface area contributed by atoms with Crippen molar-refractivity contribution in [3.63, 3.8) is 0 Å². The molecule has 0 fully saturated rings. The number of ether oxygens (including phenoxy) is 2. The molecule has 6 heteroatoms. The van der Waals surface area contributed by atoms with Crippen LogP contribution in [-0.4, -0.2) is 34.4 Å².